The molecule has 12 heavy (non-hydrogen) atoms. The lowest BCUT2D eigenvalue weighted by molar-refractivity contribution is -0.612. The third kappa shape index (κ3) is 1.49. The maximum atomic E-state index is 11.1. The Bertz CT molecular complexity index is 295. The van der Waals surface area contributed by atoms with Crippen molar-refractivity contribution in [2.45, 2.75) is 25.9 Å². The lowest BCUT2D eigenvalue weighted by Crippen LogP contribution is -2.29. The van der Waals surface area contributed by atoms with E-state index >= 15 is 0 Å². The van der Waals surface area contributed by atoms with E-state index in [9.17, 15) is 5.21 Å². The number of hydrogen-bond acceptors (Lipinski definition) is 2. The van der Waals surface area contributed by atoms with E-state index in [0.29, 0.717) is 17.5 Å². The molecule has 1 saturated carbocycles. The van der Waals surface area contributed by atoms with Crippen molar-refractivity contribution in [2.75, 3.05) is 0 Å². The monoisotopic (exact) mass is 165 g/mol. The van der Waals surface area contributed by atoms with Crippen molar-refractivity contribution in [3.63, 3.8) is 0 Å². The van der Waals surface area contributed by atoms with Crippen molar-refractivity contribution >= 4 is 0 Å². The molecule has 3 nitrogen and oxygen atoms in total. The second-order valence-electron chi connectivity index (χ2n) is 3.15. The third-order valence-electron chi connectivity index (χ3n) is 1.91. The van der Waals surface area contributed by atoms with Gasteiger partial charge in [-0.3, -0.25) is 0 Å². The molecule has 0 unspecified atom stereocenters. The lowest BCUT2D eigenvalue weighted by atomic mass is 10.4. The first-order chi connectivity index (χ1) is 5.75. The molecule has 1 aromatic rings. The van der Waals surface area contributed by atoms with Crippen LogP contribution in [0.5, 0.6) is 5.75 Å². The minimum atomic E-state index is 0.354. The van der Waals surface area contributed by atoms with Crippen LogP contribution in [0.15, 0.2) is 18.3 Å². The molecule has 0 bridgehead atoms. The van der Waals surface area contributed by atoms with Crippen LogP contribution >= 0.6 is 0 Å². The number of aromatic nitrogens is 1. The van der Waals surface area contributed by atoms with Crippen LogP contribution in [0.1, 0.15) is 18.5 Å². The summed E-state index contributed by atoms with van der Waals surface area (Å²) in [5.74, 6) is 0.679. The Labute approximate surface area is 71.2 Å². The van der Waals surface area contributed by atoms with E-state index in [4.69, 9.17) is 4.74 Å². The second-order valence-corrected chi connectivity index (χ2v) is 3.15. The average molecular weight is 165 g/mol. The van der Waals surface area contributed by atoms with Gasteiger partial charge in [-0.05, 0) is 18.9 Å². The van der Waals surface area contributed by atoms with Crippen LogP contribution in [0.4, 0.5) is 0 Å². The van der Waals surface area contributed by atoms with Crippen LogP contribution in [0, 0.1) is 12.1 Å². The van der Waals surface area contributed by atoms with Crippen LogP contribution < -0.4 is 9.47 Å². The largest absolute Gasteiger partial charge is 0.618 e. The van der Waals surface area contributed by atoms with E-state index in [0.717, 1.165) is 17.6 Å². The number of pyridine rings is 1. The highest BCUT2D eigenvalue weighted by molar-refractivity contribution is 5.16. The Morgan fingerprint density at radius 2 is 2.25 bits per heavy atom. The predicted octanol–water partition coefficient (Wildman–Crippen LogP) is 1.17. The van der Waals surface area contributed by atoms with Gasteiger partial charge in [0.1, 0.15) is 0 Å². The molecule has 1 aliphatic rings. The van der Waals surface area contributed by atoms with Crippen LogP contribution in [0.2, 0.25) is 0 Å². The summed E-state index contributed by atoms with van der Waals surface area (Å²) in [6.07, 6.45) is 4.07. The van der Waals surface area contributed by atoms with Gasteiger partial charge in [0.15, 0.2) is 11.4 Å². The number of hydrogen-bond donors (Lipinski definition) is 0. The first-order valence-corrected chi connectivity index (χ1v) is 4.12. The summed E-state index contributed by atoms with van der Waals surface area (Å²) < 4.78 is 6.27. The van der Waals surface area contributed by atoms with Crippen molar-refractivity contribution in [2.24, 2.45) is 0 Å². The van der Waals surface area contributed by atoms with Gasteiger partial charge < -0.3 is 9.94 Å². The summed E-state index contributed by atoms with van der Waals surface area (Å²) in [6, 6.07) is 3.60. The maximum Gasteiger partial charge on any atom is 0.222 e. The zero-order valence-electron chi connectivity index (χ0n) is 6.99. The van der Waals surface area contributed by atoms with Gasteiger partial charge in [0.2, 0.25) is 6.20 Å². The van der Waals surface area contributed by atoms with Crippen LogP contribution in [-0.4, -0.2) is 6.10 Å². The van der Waals surface area contributed by atoms with Crippen LogP contribution in [0.3, 0.4) is 0 Å². The molecule has 64 valence electrons. The zero-order chi connectivity index (χ0) is 8.55. The Balaban J connectivity index is 2.15. The summed E-state index contributed by atoms with van der Waals surface area (Å²) in [5.41, 5.74) is 0.693. The minimum absolute atomic E-state index is 0.354. The van der Waals surface area contributed by atoms with Crippen molar-refractivity contribution in [3.05, 3.63) is 29.2 Å². The maximum absolute atomic E-state index is 11.1. The Morgan fingerprint density at radius 3 is 2.83 bits per heavy atom. The van der Waals surface area contributed by atoms with Gasteiger partial charge in [-0.15, -0.1) is 0 Å². The molecule has 3 heteroatoms. The van der Waals surface area contributed by atoms with E-state index < -0.39 is 0 Å². The highest BCUT2D eigenvalue weighted by atomic mass is 16.5. The molecule has 0 aromatic carbocycles. The summed E-state index contributed by atoms with van der Waals surface area (Å²) in [6.45, 7) is 1.77. The van der Waals surface area contributed by atoms with Crippen molar-refractivity contribution in [1.29, 1.82) is 0 Å². The minimum Gasteiger partial charge on any atom is -0.618 e. The van der Waals surface area contributed by atoms with Gasteiger partial charge >= 0.3 is 0 Å². The first kappa shape index (κ1) is 7.40. The zero-order valence-corrected chi connectivity index (χ0v) is 6.99. The molecule has 0 amide bonds. The molecule has 0 radical (unpaired) electrons. The third-order valence-corrected chi connectivity index (χ3v) is 1.91. The summed E-state index contributed by atoms with van der Waals surface area (Å²) in [7, 11) is 0. The fourth-order valence-corrected chi connectivity index (χ4v) is 0.985. The van der Waals surface area contributed by atoms with Gasteiger partial charge in [-0.1, -0.05) is 0 Å². The molecule has 1 heterocycles. The van der Waals surface area contributed by atoms with E-state index in [1.165, 1.54) is 6.20 Å². The Morgan fingerprint density at radius 1 is 1.50 bits per heavy atom. The normalized spacial score (nSPS) is 16.1. The van der Waals surface area contributed by atoms with Crippen LogP contribution in [-0.2, 0) is 0 Å². The molecule has 1 aromatic heterocycles. The van der Waals surface area contributed by atoms with Crippen molar-refractivity contribution in [1.82, 2.24) is 0 Å². The Hall–Kier alpha value is -1.25. The molecule has 0 saturated heterocycles. The SMILES string of the molecule is Cc1ccc(OC2CC2)c[n+]1[O-]. The lowest BCUT2D eigenvalue weighted by Gasteiger charge is -2.04. The molecular formula is C9H11NO2. The Kier molecular flexibility index (Phi) is 1.64. The van der Waals surface area contributed by atoms with E-state index in [1.54, 1.807) is 13.0 Å². The van der Waals surface area contributed by atoms with E-state index in [-0.39, 0.29) is 0 Å². The van der Waals surface area contributed by atoms with E-state index in [2.05, 4.69) is 0 Å². The predicted molar refractivity (Wildman–Crippen MR) is 43.8 cm³/mol. The number of ether oxygens (including phenoxy) is 1. The molecule has 1 fully saturated rings. The van der Waals surface area contributed by atoms with Gasteiger partial charge in [0.05, 0.1) is 6.10 Å². The number of nitrogens with zero attached hydrogens (tertiary/aromatic N) is 1. The summed E-state index contributed by atoms with van der Waals surface area (Å²) >= 11 is 0. The molecule has 2 rings (SSSR count). The fourth-order valence-electron chi connectivity index (χ4n) is 0.985. The number of aryl methyl sites for hydroxylation is 1. The molecule has 0 spiro atoms. The van der Waals surface area contributed by atoms with E-state index in [1.807, 2.05) is 6.07 Å². The highest BCUT2D eigenvalue weighted by Gasteiger charge is 2.24. The molecular weight excluding hydrogens is 154 g/mol. The molecule has 1 aliphatic carbocycles. The van der Waals surface area contributed by atoms with Crippen LogP contribution in [0.25, 0.3) is 0 Å². The van der Waals surface area contributed by atoms with Gasteiger partial charge in [-0.2, -0.15) is 4.73 Å². The quantitative estimate of drug-likeness (QED) is 0.487. The highest BCUT2D eigenvalue weighted by Crippen LogP contribution is 2.25. The molecule has 0 aliphatic heterocycles. The first-order valence-electron chi connectivity index (χ1n) is 4.12. The van der Waals surface area contributed by atoms with Crippen molar-refractivity contribution in [3.8, 4) is 5.75 Å². The summed E-state index contributed by atoms with van der Waals surface area (Å²) in [5, 5.41) is 11.1. The van der Waals surface area contributed by atoms with Gasteiger partial charge in [0, 0.05) is 13.0 Å². The summed E-state index contributed by atoms with van der Waals surface area (Å²) in [4.78, 5) is 0. The number of rotatable bonds is 2. The fraction of sp³-hybridized carbons (Fsp3) is 0.444. The van der Waals surface area contributed by atoms with Gasteiger partial charge in [-0.25, -0.2) is 0 Å². The van der Waals surface area contributed by atoms with Crippen molar-refractivity contribution < 1.29 is 9.47 Å². The molecule has 0 N–H and O–H groups in total. The molecule has 0 atom stereocenters. The average Bonchev–Trinajstić information content (AvgIpc) is 2.81. The van der Waals surface area contributed by atoms with Gasteiger partial charge in [0.25, 0.3) is 0 Å². The smallest absolute Gasteiger partial charge is 0.222 e. The standard InChI is InChI=1S/C9H11NO2/c1-7-2-3-9(6-10(7)11)12-8-4-5-8/h2-3,6,8H,4-5H2,1H3. The topological polar surface area (TPSA) is 36.2 Å². The second kappa shape index (κ2) is 2.66.